The van der Waals surface area contributed by atoms with Crippen molar-refractivity contribution in [2.24, 2.45) is 0 Å². The Morgan fingerprint density at radius 3 is 2.16 bits per heavy atom. The molecule has 1 aliphatic rings. The smallest absolute Gasteiger partial charge is 0.416 e. The van der Waals surface area contributed by atoms with Gasteiger partial charge in [0.1, 0.15) is 11.4 Å². The van der Waals surface area contributed by atoms with Crippen LogP contribution in [0.3, 0.4) is 0 Å². The Hall–Kier alpha value is -4.27. The van der Waals surface area contributed by atoms with Crippen LogP contribution in [0.2, 0.25) is 0 Å². The van der Waals surface area contributed by atoms with E-state index in [9.17, 15) is 18.0 Å². The maximum atomic E-state index is 13.6. The van der Waals surface area contributed by atoms with Gasteiger partial charge in [0.05, 0.1) is 24.1 Å². The number of piperazine rings is 1. The van der Waals surface area contributed by atoms with Crippen LogP contribution in [0.25, 0.3) is 16.9 Å². The van der Waals surface area contributed by atoms with Crippen molar-refractivity contribution in [1.82, 2.24) is 14.7 Å². The van der Waals surface area contributed by atoms with Crippen molar-refractivity contribution in [1.29, 1.82) is 0 Å². The summed E-state index contributed by atoms with van der Waals surface area (Å²) in [6.07, 6.45) is -4.40. The monoisotopic (exact) mass is 506 g/mol. The first-order valence-corrected chi connectivity index (χ1v) is 11.8. The van der Waals surface area contributed by atoms with Crippen LogP contribution in [-0.2, 0) is 6.18 Å². The molecule has 0 bridgehead atoms. The minimum absolute atomic E-state index is 0.181. The zero-order valence-corrected chi connectivity index (χ0v) is 20.2. The molecule has 5 rings (SSSR count). The molecule has 1 amide bonds. The van der Waals surface area contributed by atoms with Gasteiger partial charge in [-0.25, -0.2) is 4.68 Å². The zero-order valence-electron chi connectivity index (χ0n) is 20.2. The number of anilines is 1. The third-order valence-corrected chi connectivity index (χ3v) is 6.42. The number of hydrogen-bond donors (Lipinski definition) is 0. The maximum Gasteiger partial charge on any atom is 0.416 e. The highest BCUT2D eigenvalue weighted by Crippen LogP contribution is 2.32. The lowest BCUT2D eigenvalue weighted by Crippen LogP contribution is -2.49. The van der Waals surface area contributed by atoms with E-state index >= 15 is 0 Å². The van der Waals surface area contributed by atoms with E-state index in [-0.39, 0.29) is 5.91 Å². The van der Waals surface area contributed by atoms with Gasteiger partial charge in [-0.05, 0) is 60.7 Å². The van der Waals surface area contributed by atoms with E-state index in [2.05, 4.69) is 0 Å². The molecule has 37 heavy (non-hydrogen) atoms. The quantitative estimate of drug-likeness (QED) is 0.357. The third-order valence-electron chi connectivity index (χ3n) is 6.42. The molecule has 1 aliphatic heterocycles. The van der Waals surface area contributed by atoms with Gasteiger partial charge in [-0.2, -0.15) is 18.3 Å². The first-order valence-electron chi connectivity index (χ1n) is 11.8. The molecule has 9 heteroatoms. The van der Waals surface area contributed by atoms with Crippen molar-refractivity contribution in [2.45, 2.75) is 6.18 Å². The minimum atomic E-state index is -4.40. The van der Waals surface area contributed by atoms with Crippen LogP contribution >= 0.6 is 0 Å². The predicted octanol–water partition coefficient (Wildman–Crippen LogP) is 5.53. The highest BCUT2D eigenvalue weighted by molar-refractivity contribution is 5.94. The second kappa shape index (κ2) is 10.0. The number of para-hydroxylation sites is 1. The Balaban J connectivity index is 1.38. The van der Waals surface area contributed by atoms with Gasteiger partial charge in [0.15, 0.2) is 0 Å². The Bertz CT molecular complexity index is 1380. The van der Waals surface area contributed by atoms with Crippen molar-refractivity contribution in [3.05, 3.63) is 96.2 Å². The number of alkyl halides is 3. The highest BCUT2D eigenvalue weighted by Gasteiger charge is 2.32. The van der Waals surface area contributed by atoms with E-state index in [0.717, 1.165) is 29.1 Å². The molecule has 190 valence electrons. The molecule has 2 heterocycles. The third kappa shape index (κ3) is 5.16. The summed E-state index contributed by atoms with van der Waals surface area (Å²) in [5, 5.41) is 4.73. The molecular weight excluding hydrogens is 481 g/mol. The SMILES string of the molecule is COc1ccc(-c2cc(C(=O)N3CCN(c4cccc(C(F)(F)F)c4)CC3)n(-c3ccccc3)n2)cc1. The first kappa shape index (κ1) is 24.4. The number of methoxy groups -OCH3 is 1. The predicted molar refractivity (Wildman–Crippen MR) is 135 cm³/mol. The summed E-state index contributed by atoms with van der Waals surface area (Å²) >= 11 is 0. The minimum Gasteiger partial charge on any atom is -0.497 e. The van der Waals surface area contributed by atoms with E-state index in [1.54, 1.807) is 28.8 Å². The number of amides is 1. The van der Waals surface area contributed by atoms with Gasteiger partial charge in [0, 0.05) is 37.4 Å². The summed E-state index contributed by atoms with van der Waals surface area (Å²) in [5.74, 6) is 0.543. The largest absolute Gasteiger partial charge is 0.497 e. The van der Waals surface area contributed by atoms with Gasteiger partial charge in [0.2, 0.25) is 0 Å². The van der Waals surface area contributed by atoms with Gasteiger partial charge in [0.25, 0.3) is 5.91 Å². The van der Waals surface area contributed by atoms with Crippen LogP contribution in [0, 0.1) is 0 Å². The lowest BCUT2D eigenvalue weighted by molar-refractivity contribution is -0.137. The molecule has 0 N–H and O–H groups in total. The molecule has 0 aliphatic carbocycles. The number of nitrogens with zero attached hydrogens (tertiary/aromatic N) is 4. The average molecular weight is 507 g/mol. The van der Waals surface area contributed by atoms with Gasteiger partial charge >= 0.3 is 6.18 Å². The van der Waals surface area contributed by atoms with Crippen LogP contribution in [0.5, 0.6) is 5.75 Å². The van der Waals surface area contributed by atoms with Crippen molar-refractivity contribution < 1.29 is 22.7 Å². The fraction of sp³-hybridized carbons (Fsp3) is 0.214. The Morgan fingerprint density at radius 1 is 0.838 bits per heavy atom. The lowest BCUT2D eigenvalue weighted by atomic mass is 10.1. The zero-order chi connectivity index (χ0) is 26.0. The molecular formula is C28H25F3N4O2. The number of carbonyl (C=O) groups is 1. The topological polar surface area (TPSA) is 50.6 Å². The lowest BCUT2D eigenvalue weighted by Gasteiger charge is -2.36. The van der Waals surface area contributed by atoms with Crippen molar-refractivity contribution in [3.63, 3.8) is 0 Å². The van der Waals surface area contributed by atoms with Gasteiger partial charge in [-0.1, -0.05) is 24.3 Å². The van der Waals surface area contributed by atoms with Gasteiger partial charge in [-0.15, -0.1) is 0 Å². The first-order chi connectivity index (χ1) is 17.8. The van der Waals surface area contributed by atoms with Crippen molar-refractivity contribution >= 4 is 11.6 Å². The second-order valence-corrected chi connectivity index (χ2v) is 8.72. The molecule has 6 nitrogen and oxygen atoms in total. The molecule has 1 fully saturated rings. The number of rotatable bonds is 5. The summed E-state index contributed by atoms with van der Waals surface area (Å²) < 4.78 is 46.3. The summed E-state index contributed by atoms with van der Waals surface area (Å²) in [6, 6.07) is 23.9. The van der Waals surface area contributed by atoms with Crippen LogP contribution in [-0.4, -0.2) is 53.9 Å². The number of hydrogen-bond acceptors (Lipinski definition) is 4. The summed E-state index contributed by atoms with van der Waals surface area (Å²) in [6.45, 7) is 1.62. The van der Waals surface area contributed by atoms with Crippen LogP contribution in [0.15, 0.2) is 84.9 Å². The average Bonchev–Trinajstić information content (AvgIpc) is 3.38. The van der Waals surface area contributed by atoms with Crippen LogP contribution in [0.1, 0.15) is 16.1 Å². The van der Waals surface area contributed by atoms with Gasteiger partial charge in [-0.3, -0.25) is 4.79 Å². The molecule has 1 aromatic heterocycles. The van der Waals surface area contributed by atoms with Gasteiger partial charge < -0.3 is 14.5 Å². The van der Waals surface area contributed by atoms with Crippen molar-refractivity contribution in [2.75, 3.05) is 38.2 Å². The summed E-state index contributed by atoms with van der Waals surface area (Å²) in [7, 11) is 1.60. The second-order valence-electron chi connectivity index (χ2n) is 8.72. The molecule has 0 atom stereocenters. The molecule has 4 aromatic rings. The Labute approximate surface area is 212 Å². The standard InChI is InChI=1S/C28H25F3N4O2/c1-37-24-12-10-20(11-13-24)25-19-26(35(32-25)22-7-3-2-4-8-22)27(36)34-16-14-33(15-17-34)23-9-5-6-21(18-23)28(29,30)31/h2-13,18-19H,14-17H2,1H3. The number of carbonyl (C=O) groups excluding carboxylic acids is 1. The van der Waals surface area contributed by atoms with Crippen molar-refractivity contribution in [3.8, 4) is 22.7 Å². The van der Waals surface area contributed by atoms with E-state index < -0.39 is 11.7 Å². The van der Waals surface area contributed by atoms with E-state index in [1.807, 2.05) is 59.5 Å². The Morgan fingerprint density at radius 2 is 1.51 bits per heavy atom. The normalized spacial score (nSPS) is 14.1. The fourth-order valence-corrected chi connectivity index (χ4v) is 4.41. The maximum absolute atomic E-state index is 13.6. The molecule has 0 unspecified atom stereocenters. The molecule has 0 radical (unpaired) electrons. The molecule has 3 aromatic carbocycles. The highest BCUT2D eigenvalue weighted by atomic mass is 19.4. The fourth-order valence-electron chi connectivity index (χ4n) is 4.41. The number of ether oxygens (including phenoxy) is 1. The number of benzene rings is 3. The Kier molecular flexibility index (Phi) is 6.60. The van der Waals surface area contributed by atoms with Crippen LogP contribution in [0.4, 0.5) is 18.9 Å². The summed E-state index contributed by atoms with van der Waals surface area (Å²) in [5.41, 5.74) is 2.49. The number of halogens is 3. The molecule has 0 spiro atoms. The van der Waals surface area contributed by atoms with Crippen LogP contribution < -0.4 is 9.64 Å². The van der Waals surface area contributed by atoms with E-state index in [1.165, 1.54) is 6.07 Å². The van der Waals surface area contributed by atoms with E-state index in [0.29, 0.717) is 43.3 Å². The summed E-state index contributed by atoms with van der Waals surface area (Å²) in [4.78, 5) is 17.2. The number of aromatic nitrogens is 2. The molecule has 0 saturated carbocycles. The van der Waals surface area contributed by atoms with E-state index in [4.69, 9.17) is 9.84 Å². The molecule has 1 saturated heterocycles.